The van der Waals surface area contributed by atoms with Crippen molar-refractivity contribution in [1.82, 2.24) is 4.98 Å². The van der Waals surface area contributed by atoms with Gasteiger partial charge in [0.15, 0.2) is 5.69 Å². The summed E-state index contributed by atoms with van der Waals surface area (Å²) in [5.74, 6) is -1.47. The molecule has 0 atom stereocenters. The molecule has 0 aliphatic carbocycles. The van der Waals surface area contributed by atoms with Gasteiger partial charge in [-0.15, -0.1) is 0 Å². The van der Waals surface area contributed by atoms with E-state index < -0.39 is 5.97 Å². The Kier molecular flexibility index (Phi) is 2.61. The van der Waals surface area contributed by atoms with Crippen molar-refractivity contribution in [2.45, 2.75) is 0 Å². The van der Waals surface area contributed by atoms with Crippen LogP contribution in [0.15, 0.2) is 49.2 Å². The molecular weight excluding hydrogens is 256 g/mol. The molecule has 1 aliphatic rings. The van der Waals surface area contributed by atoms with Gasteiger partial charge in [-0.3, -0.25) is 9.69 Å². The van der Waals surface area contributed by atoms with Crippen LogP contribution in [0.1, 0.15) is 26.4 Å². The lowest BCUT2D eigenvalue weighted by Gasteiger charge is -2.18. The molecule has 0 fully saturated rings. The number of anilines is 1. The van der Waals surface area contributed by atoms with E-state index in [1.54, 1.807) is 30.3 Å². The molecule has 0 radical (unpaired) electrons. The van der Waals surface area contributed by atoms with Crippen molar-refractivity contribution in [3.8, 4) is 0 Å². The Morgan fingerprint density at radius 3 is 2.50 bits per heavy atom. The fourth-order valence-corrected chi connectivity index (χ4v) is 2.28. The lowest BCUT2D eigenvalue weighted by atomic mass is 10.1. The van der Waals surface area contributed by atoms with Crippen LogP contribution in [0, 0.1) is 0 Å². The third kappa shape index (κ3) is 1.60. The largest absolute Gasteiger partial charge is 0.476 e. The highest BCUT2D eigenvalue weighted by Gasteiger charge is 2.34. The maximum absolute atomic E-state index is 12.4. The summed E-state index contributed by atoms with van der Waals surface area (Å²) in [6, 6.07) is 10.2. The quantitative estimate of drug-likeness (QED) is 0.906. The van der Waals surface area contributed by atoms with Gasteiger partial charge in [0.2, 0.25) is 0 Å². The second-order valence-electron chi connectivity index (χ2n) is 4.31. The third-order valence-corrected chi connectivity index (χ3v) is 3.17. The molecule has 0 bridgehead atoms. The molecule has 5 nitrogen and oxygen atoms in total. The Labute approximate surface area is 114 Å². The molecule has 0 spiro atoms. The van der Waals surface area contributed by atoms with Crippen molar-refractivity contribution in [2.75, 3.05) is 4.90 Å². The van der Waals surface area contributed by atoms with Crippen LogP contribution in [-0.2, 0) is 0 Å². The van der Waals surface area contributed by atoms with Crippen molar-refractivity contribution in [3.63, 3.8) is 0 Å². The van der Waals surface area contributed by atoms with Crippen LogP contribution in [0.25, 0.3) is 5.70 Å². The third-order valence-electron chi connectivity index (χ3n) is 3.17. The zero-order valence-corrected chi connectivity index (χ0v) is 10.4. The molecule has 98 valence electrons. The van der Waals surface area contributed by atoms with Gasteiger partial charge < -0.3 is 5.11 Å². The van der Waals surface area contributed by atoms with E-state index in [4.69, 9.17) is 0 Å². The molecule has 2 aromatic rings. The summed E-state index contributed by atoms with van der Waals surface area (Å²) < 4.78 is 0. The number of benzene rings is 1. The Morgan fingerprint density at radius 1 is 1.15 bits per heavy atom. The molecule has 5 heteroatoms. The minimum absolute atomic E-state index is 0.171. The van der Waals surface area contributed by atoms with Crippen molar-refractivity contribution in [3.05, 3.63) is 66.0 Å². The number of carbonyl (C=O) groups is 2. The summed E-state index contributed by atoms with van der Waals surface area (Å²) in [5.41, 5.74) is 1.73. The highest BCUT2D eigenvalue weighted by molar-refractivity contribution is 6.23. The van der Waals surface area contributed by atoms with Gasteiger partial charge in [0.25, 0.3) is 5.91 Å². The van der Waals surface area contributed by atoms with E-state index in [0.717, 1.165) is 0 Å². The molecule has 0 saturated carbocycles. The predicted molar refractivity (Wildman–Crippen MR) is 73.5 cm³/mol. The highest BCUT2D eigenvalue weighted by Crippen LogP contribution is 2.36. The first kappa shape index (κ1) is 12.1. The summed E-state index contributed by atoms with van der Waals surface area (Å²) >= 11 is 0. The van der Waals surface area contributed by atoms with Gasteiger partial charge in [0.05, 0.1) is 11.4 Å². The second-order valence-corrected chi connectivity index (χ2v) is 4.31. The normalized spacial score (nSPS) is 13.5. The van der Waals surface area contributed by atoms with E-state index >= 15 is 0 Å². The Bertz CT molecular complexity index is 717. The molecule has 1 amide bonds. The van der Waals surface area contributed by atoms with Crippen LogP contribution >= 0.6 is 0 Å². The molecule has 1 aromatic carbocycles. The van der Waals surface area contributed by atoms with Gasteiger partial charge in [-0.2, -0.15) is 0 Å². The van der Waals surface area contributed by atoms with E-state index in [1.165, 1.54) is 11.1 Å². The Balaban J connectivity index is 2.17. The van der Waals surface area contributed by atoms with Crippen LogP contribution < -0.4 is 4.90 Å². The second kappa shape index (κ2) is 4.31. The number of rotatable bonds is 2. The summed E-state index contributed by atoms with van der Waals surface area (Å²) in [7, 11) is 0. The Morgan fingerprint density at radius 2 is 1.85 bits per heavy atom. The minimum Gasteiger partial charge on any atom is -0.476 e. The fraction of sp³-hybridized carbons (Fsp3) is 0. The van der Waals surface area contributed by atoms with Crippen LogP contribution in [0.2, 0.25) is 0 Å². The van der Waals surface area contributed by atoms with Gasteiger partial charge in [0.1, 0.15) is 0 Å². The molecule has 1 aliphatic heterocycles. The van der Waals surface area contributed by atoms with Crippen molar-refractivity contribution in [2.24, 2.45) is 0 Å². The van der Waals surface area contributed by atoms with E-state index in [0.29, 0.717) is 16.8 Å². The number of carboxylic acid groups (broad SMARTS) is 1. The number of carbonyl (C=O) groups excluding carboxylic acids is 1. The first-order chi connectivity index (χ1) is 9.61. The Hall–Kier alpha value is -2.95. The smallest absolute Gasteiger partial charge is 0.356 e. The first-order valence-corrected chi connectivity index (χ1v) is 5.92. The van der Waals surface area contributed by atoms with E-state index in [1.807, 2.05) is 6.07 Å². The van der Waals surface area contributed by atoms with Crippen LogP contribution in [0.3, 0.4) is 0 Å². The number of hydrogen-bond acceptors (Lipinski definition) is 3. The van der Waals surface area contributed by atoms with E-state index in [2.05, 4.69) is 11.6 Å². The minimum atomic E-state index is -1.18. The number of carboxylic acids is 1. The lowest BCUT2D eigenvalue weighted by Crippen LogP contribution is -2.24. The van der Waals surface area contributed by atoms with Crippen molar-refractivity contribution >= 4 is 23.3 Å². The standard InChI is InChI=1S/C15H10N2O3/c1-9-10-5-2-3-6-11(10)14(18)17(9)12-7-4-8-16-13(12)15(19)20/h2-8H,1H2,(H,19,20). The van der Waals surface area contributed by atoms with Crippen LogP contribution in [-0.4, -0.2) is 22.0 Å². The van der Waals surface area contributed by atoms with E-state index in [-0.39, 0.29) is 17.3 Å². The van der Waals surface area contributed by atoms with Gasteiger partial charge in [0, 0.05) is 17.3 Å². The lowest BCUT2D eigenvalue weighted by molar-refractivity contribution is 0.0691. The number of nitrogens with zero attached hydrogens (tertiary/aromatic N) is 2. The van der Waals surface area contributed by atoms with Gasteiger partial charge in [-0.1, -0.05) is 24.8 Å². The van der Waals surface area contributed by atoms with Crippen LogP contribution in [0.5, 0.6) is 0 Å². The topological polar surface area (TPSA) is 70.5 Å². The molecule has 1 N–H and O–H groups in total. The molecule has 20 heavy (non-hydrogen) atoms. The molecule has 0 unspecified atom stereocenters. The van der Waals surface area contributed by atoms with Gasteiger partial charge in [-0.25, -0.2) is 9.78 Å². The maximum atomic E-state index is 12.4. The summed E-state index contributed by atoms with van der Waals surface area (Å²) in [5, 5.41) is 9.19. The number of hydrogen-bond donors (Lipinski definition) is 1. The predicted octanol–water partition coefficient (Wildman–Crippen LogP) is 2.41. The number of fused-ring (bicyclic) bond motifs is 1. The zero-order valence-electron chi connectivity index (χ0n) is 10.4. The summed E-state index contributed by atoms with van der Waals surface area (Å²) in [6.07, 6.45) is 1.38. The molecule has 1 aromatic heterocycles. The first-order valence-electron chi connectivity index (χ1n) is 5.92. The number of amides is 1. The van der Waals surface area contributed by atoms with Crippen LogP contribution in [0.4, 0.5) is 5.69 Å². The average molecular weight is 266 g/mol. The van der Waals surface area contributed by atoms with Crippen molar-refractivity contribution in [1.29, 1.82) is 0 Å². The number of pyridine rings is 1. The van der Waals surface area contributed by atoms with Crippen molar-refractivity contribution < 1.29 is 14.7 Å². The molecular formula is C15H10N2O3. The van der Waals surface area contributed by atoms with E-state index in [9.17, 15) is 14.7 Å². The number of aromatic nitrogens is 1. The van der Waals surface area contributed by atoms with Gasteiger partial charge >= 0.3 is 5.97 Å². The highest BCUT2D eigenvalue weighted by atomic mass is 16.4. The molecule has 3 rings (SSSR count). The summed E-state index contributed by atoms with van der Waals surface area (Å²) in [4.78, 5) is 28.8. The maximum Gasteiger partial charge on any atom is 0.356 e. The van der Waals surface area contributed by atoms with Gasteiger partial charge in [-0.05, 0) is 18.2 Å². The summed E-state index contributed by atoms with van der Waals surface area (Å²) in [6.45, 7) is 3.89. The zero-order chi connectivity index (χ0) is 14.3. The SMILES string of the molecule is C=C1c2ccccc2C(=O)N1c1cccnc1C(=O)O. The molecule has 2 heterocycles. The molecule has 0 saturated heterocycles. The average Bonchev–Trinajstić information content (AvgIpc) is 2.71. The number of aromatic carboxylic acids is 1. The fourth-order valence-electron chi connectivity index (χ4n) is 2.28. The monoisotopic (exact) mass is 266 g/mol.